The smallest absolute Gasteiger partial charge is 0.361 e. The van der Waals surface area contributed by atoms with Crippen molar-refractivity contribution in [2.45, 2.75) is 6.18 Å². The molecule has 0 fully saturated rings. The number of amides is 2. The fourth-order valence-electron chi connectivity index (χ4n) is 2.34. The first-order valence-electron chi connectivity index (χ1n) is 7.37. The molecule has 3 rings (SSSR count). The number of hydrogen-bond donors (Lipinski definition) is 3. The van der Waals surface area contributed by atoms with Crippen LogP contribution in [0.15, 0.2) is 53.8 Å². The number of aromatic nitrogens is 1. The second-order valence-corrected chi connectivity index (χ2v) is 5.71. The summed E-state index contributed by atoms with van der Waals surface area (Å²) in [6.07, 6.45) is -1.46. The molecule has 0 aliphatic heterocycles. The predicted molar refractivity (Wildman–Crippen MR) is 94.5 cm³/mol. The maximum absolute atomic E-state index is 12.8. The van der Waals surface area contributed by atoms with E-state index in [0.717, 1.165) is 28.6 Å². The highest BCUT2D eigenvalue weighted by Crippen LogP contribution is 2.36. The number of hydrogen-bond acceptors (Lipinski definition) is 2. The number of para-hydroxylation sites is 1. The Morgan fingerprint density at radius 3 is 2.73 bits per heavy atom. The molecule has 2 amide bonds. The van der Waals surface area contributed by atoms with Crippen molar-refractivity contribution < 1.29 is 18.0 Å². The number of halogens is 4. The molecule has 0 radical (unpaired) electrons. The fourth-order valence-corrected chi connectivity index (χ4v) is 2.57. The van der Waals surface area contributed by atoms with E-state index < -0.39 is 22.8 Å². The minimum atomic E-state index is -4.61. The topological polar surface area (TPSA) is 69.3 Å². The maximum atomic E-state index is 12.8. The van der Waals surface area contributed by atoms with Gasteiger partial charge in [-0.05, 0) is 24.3 Å². The van der Waals surface area contributed by atoms with Gasteiger partial charge in [0.2, 0.25) is 0 Å². The first-order valence-corrected chi connectivity index (χ1v) is 7.75. The number of H-pyrrole nitrogens is 1. The standard InChI is InChI=1S/C17H12ClF3N4O/c18-14-6-5-11(7-13(14)17(19,20)21)24-16(26)25-23-9-10-8-22-15-4-2-1-3-12(10)15/h1-9,22H,(H2,24,25,26). The molecule has 0 atom stereocenters. The maximum Gasteiger partial charge on any atom is 0.417 e. The summed E-state index contributed by atoms with van der Waals surface area (Å²) >= 11 is 5.53. The third-order valence-corrected chi connectivity index (χ3v) is 3.85. The molecule has 0 unspecified atom stereocenters. The number of anilines is 1. The van der Waals surface area contributed by atoms with Crippen LogP contribution in [0.3, 0.4) is 0 Å². The van der Waals surface area contributed by atoms with E-state index in [-0.39, 0.29) is 5.69 Å². The van der Waals surface area contributed by atoms with Gasteiger partial charge in [0, 0.05) is 28.4 Å². The van der Waals surface area contributed by atoms with Crippen molar-refractivity contribution in [3.8, 4) is 0 Å². The second kappa shape index (κ2) is 7.09. The van der Waals surface area contributed by atoms with Gasteiger partial charge < -0.3 is 10.3 Å². The number of rotatable bonds is 3. The lowest BCUT2D eigenvalue weighted by Gasteiger charge is -2.11. The van der Waals surface area contributed by atoms with E-state index in [0.29, 0.717) is 0 Å². The molecule has 0 saturated carbocycles. The molecule has 5 nitrogen and oxygen atoms in total. The number of carbonyl (C=O) groups is 1. The summed E-state index contributed by atoms with van der Waals surface area (Å²) in [7, 11) is 0. The van der Waals surface area contributed by atoms with E-state index in [2.05, 4.69) is 20.8 Å². The van der Waals surface area contributed by atoms with Gasteiger partial charge in [0.15, 0.2) is 0 Å². The predicted octanol–water partition coefficient (Wildman–Crippen LogP) is 5.00. The molecule has 0 bridgehead atoms. The Hall–Kier alpha value is -3.00. The van der Waals surface area contributed by atoms with Crippen molar-refractivity contribution >= 4 is 40.4 Å². The number of aromatic amines is 1. The zero-order chi connectivity index (χ0) is 18.7. The van der Waals surface area contributed by atoms with E-state index >= 15 is 0 Å². The minimum absolute atomic E-state index is 0.0541. The van der Waals surface area contributed by atoms with Gasteiger partial charge in [-0.1, -0.05) is 29.8 Å². The lowest BCUT2D eigenvalue weighted by atomic mass is 10.2. The lowest BCUT2D eigenvalue weighted by molar-refractivity contribution is -0.137. The Bertz CT molecular complexity index is 982. The number of benzene rings is 2. The van der Waals surface area contributed by atoms with Crippen LogP contribution in [-0.2, 0) is 6.18 Å². The van der Waals surface area contributed by atoms with Gasteiger partial charge in [-0.3, -0.25) is 0 Å². The number of carbonyl (C=O) groups excluding carboxylic acids is 1. The molecule has 1 heterocycles. The van der Waals surface area contributed by atoms with Gasteiger partial charge >= 0.3 is 12.2 Å². The summed E-state index contributed by atoms with van der Waals surface area (Å²) < 4.78 is 38.4. The Morgan fingerprint density at radius 1 is 1.19 bits per heavy atom. The van der Waals surface area contributed by atoms with Crippen molar-refractivity contribution in [2.75, 3.05) is 5.32 Å². The van der Waals surface area contributed by atoms with Crippen LogP contribution in [0.25, 0.3) is 10.9 Å². The van der Waals surface area contributed by atoms with Crippen molar-refractivity contribution in [3.63, 3.8) is 0 Å². The van der Waals surface area contributed by atoms with E-state index in [1.807, 2.05) is 24.3 Å². The third kappa shape index (κ3) is 3.97. The number of fused-ring (bicyclic) bond motifs is 1. The Morgan fingerprint density at radius 2 is 1.96 bits per heavy atom. The second-order valence-electron chi connectivity index (χ2n) is 5.31. The summed E-state index contributed by atoms with van der Waals surface area (Å²) in [6, 6.07) is 9.84. The van der Waals surface area contributed by atoms with Crippen molar-refractivity contribution in [2.24, 2.45) is 5.10 Å². The van der Waals surface area contributed by atoms with Gasteiger partial charge in [-0.25, -0.2) is 10.2 Å². The van der Waals surface area contributed by atoms with Gasteiger partial charge in [0.05, 0.1) is 16.8 Å². The monoisotopic (exact) mass is 380 g/mol. The van der Waals surface area contributed by atoms with Crippen LogP contribution in [0.2, 0.25) is 5.02 Å². The molecule has 134 valence electrons. The molecular weight excluding hydrogens is 369 g/mol. The minimum Gasteiger partial charge on any atom is -0.361 e. The molecule has 9 heteroatoms. The molecule has 0 saturated heterocycles. The first kappa shape index (κ1) is 17.8. The van der Waals surface area contributed by atoms with Crippen molar-refractivity contribution in [1.82, 2.24) is 10.4 Å². The third-order valence-electron chi connectivity index (χ3n) is 3.52. The molecule has 2 aromatic carbocycles. The number of urea groups is 1. The molecule has 0 aliphatic carbocycles. The van der Waals surface area contributed by atoms with Crippen molar-refractivity contribution in [1.29, 1.82) is 0 Å². The highest BCUT2D eigenvalue weighted by atomic mass is 35.5. The van der Waals surface area contributed by atoms with Gasteiger partial charge in [0.25, 0.3) is 0 Å². The average molecular weight is 381 g/mol. The summed E-state index contributed by atoms with van der Waals surface area (Å²) in [5.74, 6) is 0. The Balaban J connectivity index is 1.66. The molecule has 0 aliphatic rings. The molecular formula is C17H12ClF3N4O. The van der Waals surface area contributed by atoms with E-state index in [9.17, 15) is 18.0 Å². The molecule has 3 aromatic rings. The average Bonchev–Trinajstić information content (AvgIpc) is 2.99. The quantitative estimate of drug-likeness (QED) is 0.434. The Labute approximate surface area is 150 Å². The number of nitrogens with one attached hydrogen (secondary N) is 3. The molecule has 0 spiro atoms. The summed E-state index contributed by atoms with van der Waals surface area (Å²) in [6.45, 7) is 0. The zero-order valence-corrected chi connectivity index (χ0v) is 13.8. The largest absolute Gasteiger partial charge is 0.417 e. The van der Waals surface area contributed by atoms with Crippen LogP contribution >= 0.6 is 11.6 Å². The van der Waals surface area contributed by atoms with Crippen LogP contribution in [0.1, 0.15) is 11.1 Å². The fraction of sp³-hybridized carbons (Fsp3) is 0.0588. The van der Waals surface area contributed by atoms with Crippen LogP contribution < -0.4 is 10.7 Å². The lowest BCUT2D eigenvalue weighted by Crippen LogP contribution is -2.24. The highest BCUT2D eigenvalue weighted by molar-refractivity contribution is 6.31. The summed E-state index contributed by atoms with van der Waals surface area (Å²) in [5, 5.41) is 6.54. The van der Waals surface area contributed by atoms with E-state index in [1.165, 1.54) is 12.3 Å². The highest BCUT2D eigenvalue weighted by Gasteiger charge is 2.33. The molecule has 1 aromatic heterocycles. The van der Waals surface area contributed by atoms with Gasteiger partial charge in [0.1, 0.15) is 0 Å². The van der Waals surface area contributed by atoms with E-state index in [4.69, 9.17) is 11.6 Å². The zero-order valence-electron chi connectivity index (χ0n) is 13.1. The first-order chi connectivity index (χ1) is 12.3. The SMILES string of the molecule is O=C(NN=Cc1c[nH]c2ccccc12)Nc1ccc(Cl)c(C(F)(F)F)c1. The van der Waals surface area contributed by atoms with E-state index in [1.54, 1.807) is 6.20 Å². The Kier molecular flexibility index (Phi) is 4.85. The van der Waals surface area contributed by atoms with Gasteiger partial charge in [-0.2, -0.15) is 18.3 Å². The number of alkyl halides is 3. The van der Waals surface area contributed by atoms with Crippen LogP contribution in [0.4, 0.5) is 23.7 Å². The molecule has 26 heavy (non-hydrogen) atoms. The van der Waals surface area contributed by atoms with Crippen LogP contribution in [0.5, 0.6) is 0 Å². The van der Waals surface area contributed by atoms with Gasteiger partial charge in [-0.15, -0.1) is 0 Å². The number of nitrogens with zero attached hydrogens (tertiary/aromatic N) is 1. The van der Waals surface area contributed by atoms with Crippen LogP contribution in [0, 0.1) is 0 Å². The van der Waals surface area contributed by atoms with Crippen LogP contribution in [-0.4, -0.2) is 17.2 Å². The summed E-state index contributed by atoms with van der Waals surface area (Å²) in [4.78, 5) is 14.8. The summed E-state index contributed by atoms with van der Waals surface area (Å²) in [5.41, 5.74) is 2.79. The molecule has 3 N–H and O–H groups in total. The normalized spacial score (nSPS) is 11.8. The number of hydrazone groups is 1. The van der Waals surface area contributed by atoms with Crippen molar-refractivity contribution in [3.05, 3.63) is 64.8 Å².